The number of pyridine rings is 1. The summed E-state index contributed by atoms with van der Waals surface area (Å²) in [5, 5.41) is 6.98. The van der Waals surface area contributed by atoms with Gasteiger partial charge in [-0.15, -0.1) is 11.8 Å². The van der Waals surface area contributed by atoms with E-state index in [9.17, 15) is 4.79 Å². The van der Waals surface area contributed by atoms with Gasteiger partial charge in [0, 0.05) is 13.1 Å². The van der Waals surface area contributed by atoms with Gasteiger partial charge in [-0.3, -0.25) is 4.79 Å². The predicted octanol–water partition coefficient (Wildman–Crippen LogP) is 5.00. The van der Waals surface area contributed by atoms with Crippen molar-refractivity contribution in [1.29, 1.82) is 0 Å². The number of benzene rings is 2. The number of nitrogens with zero attached hydrogens (tertiary/aromatic N) is 6. The Hall–Kier alpha value is -3.65. The monoisotopic (exact) mass is 470 g/mol. The zero-order valence-corrected chi connectivity index (χ0v) is 20.5. The highest BCUT2D eigenvalue weighted by molar-refractivity contribution is 7.98. The van der Waals surface area contributed by atoms with Crippen LogP contribution in [-0.4, -0.2) is 43.7 Å². The topological polar surface area (TPSA) is 68.8 Å². The van der Waals surface area contributed by atoms with E-state index in [1.54, 1.807) is 4.57 Å². The zero-order valence-electron chi connectivity index (χ0n) is 19.7. The van der Waals surface area contributed by atoms with E-state index in [1.807, 2.05) is 78.5 Å². The summed E-state index contributed by atoms with van der Waals surface area (Å²) in [6.07, 6.45) is 1.99. The Balaban J connectivity index is 1.95. The van der Waals surface area contributed by atoms with Crippen molar-refractivity contribution in [1.82, 2.24) is 24.3 Å². The highest BCUT2D eigenvalue weighted by atomic mass is 32.2. The van der Waals surface area contributed by atoms with Gasteiger partial charge in [0.25, 0.3) is 5.56 Å². The summed E-state index contributed by atoms with van der Waals surface area (Å²) in [5.74, 6) is 0.625. The van der Waals surface area contributed by atoms with Crippen LogP contribution in [-0.2, 0) is 0 Å². The maximum atomic E-state index is 14.0. The van der Waals surface area contributed by atoms with Crippen LogP contribution in [0.3, 0.4) is 0 Å². The number of aromatic nitrogens is 5. The van der Waals surface area contributed by atoms with Crippen molar-refractivity contribution >= 4 is 39.6 Å². The summed E-state index contributed by atoms with van der Waals surface area (Å²) >= 11 is 1.53. The van der Waals surface area contributed by atoms with Crippen LogP contribution in [0.4, 0.5) is 5.95 Å². The number of para-hydroxylation sites is 2. The maximum Gasteiger partial charge on any atom is 0.269 e. The molecule has 0 amide bonds. The third kappa shape index (κ3) is 3.45. The Morgan fingerprint density at radius 3 is 2.09 bits per heavy atom. The lowest BCUT2D eigenvalue weighted by Crippen LogP contribution is -2.32. The molecular formula is C26H26N6OS. The van der Waals surface area contributed by atoms with Crippen molar-refractivity contribution in [2.45, 2.75) is 25.8 Å². The van der Waals surface area contributed by atoms with Gasteiger partial charge in [-0.25, -0.2) is 19.2 Å². The van der Waals surface area contributed by atoms with E-state index in [-0.39, 0.29) is 5.56 Å². The molecule has 0 spiro atoms. The largest absolute Gasteiger partial charge is 0.342 e. The first-order valence-electron chi connectivity index (χ1n) is 11.3. The normalized spacial score (nSPS) is 11.4. The average molecular weight is 471 g/mol. The summed E-state index contributed by atoms with van der Waals surface area (Å²) in [6.45, 7) is 7.48. The molecule has 5 rings (SSSR count). The Morgan fingerprint density at radius 2 is 1.50 bits per heavy atom. The van der Waals surface area contributed by atoms with Gasteiger partial charge < -0.3 is 4.90 Å². The van der Waals surface area contributed by atoms with Crippen LogP contribution in [0, 0.1) is 6.92 Å². The first-order valence-corrected chi connectivity index (χ1v) is 12.6. The second kappa shape index (κ2) is 8.95. The molecule has 0 unspecified atom stereocenters. The SMILES string of the molecule is CCN(CC)c1nc2c(c(C)nc3c2c(SC)nn3-c2ccccc2)c(=O)n1-c1ccccc1. The van der Waals surface area contributed by atoms with Crippen LogP contribution in [0.5, 0.6) is 0 Å². The van der Waals surface area contributed by atoms with Crippen LogP contribution >= 0.6 is 11.8 Å². The molecule has 0 radical (unpaired) electrons. The number of hydrogen-bond donors (Lipinski definition) is 0. The first kappa shape index (κ1) is 22.2. The van der Waals surface area contributed by atoms with Gasteiger partial charge in [0.05, 0.1) is 33.4 Å². The lowest BCUT2D eigenvalue weighted by Gasteiger charge is -2.24. The second-order valence-electron chi connectivity index (χ2n) is 7.94. The van der Waals surface area contributed by atoms with Gasteiger partial charge in [0.15, 0.2) is 5.65 Å². The molecule has 0 N–H and O–H groups in total. The third-order valence-corrected chi connectivity index (χ3v) is 6.69. The molecule has 0 saturated heterocycles. The van der Waals surface area contributed by atoms with E-state index in [2.05, 4.69) is 18.7 Å². The molecule has 5 aromatic rings. The molecule has 0 aliphatic carbocycles. The standard InChI is InChI=1S/C26H26N6OS/c1-5-30(6-2)26-28-22-20(25(33)31(26)18-13-9-7-10-14-18)17(3)27-23-21(22)24(34-4)29-32(23)19-15-11-8-12-16-19/h7-16H,5-6H2,1-4H3. The van der Waals surface area contributed by atoms with Gasteiger partial charge in [-0.05, 0) is 51.3 Å². The van der Waals surface area contributed by atoms with E-state index < -0.39 is 0 Å². The van der Waals surface area contributed by atoms with Crippen LogP contribution in [0.25, 0.3) is 33.3 Å². The summed E-state index contributed by atoms with van der Waals surface area (Å²) in [4.78, 5) is 26.2. The molecule has 2 aromatic carbocycles. The van der Waals surface area contributed by atoms with Crippen LogP contribution in [0.2, 0.25) is 0 Å². The molecule has 3 aromatic heterocycles. The second-order valence-corrected chi connectivity index (χ2v) is 8.73. The van der Waals surface area contributed by atoms with Crippen LogP contribution in [0.1, 0.15) is 19.5 Å². The Labute approximate surface area is 202 Å². The lowest BCUT2D eigenvalue weighted by atomic mass is 10.2. The van der Waals surface area contributed by atoms with Crippen molar-refractivity contribution in [3.8, 4) is 11.4 Å². The number of anilines is 1. The summed E-state index contributed by atoms with van der Waals surface area (Å²) in [6, 6.07) is 19.6. The highest BCUT2D eigenvalue weighted by Crippen LogP contribution is 2.33. The molecule has 0 fully saturated rings. The van der Waals surface area contributed by atoms with E-state index in [4.69, 9.17) is 15.1 Å². The van der Waals surface area contributed by atoms with Crippen molar-refractivity contribution in [3.63, 3.8) is 0 Å². The summed E-state index contributed by atoms with van der Waals surface area (Å²) in [5.41, 5.74) is 3.57. The van der Waals surface area contributed by atoms with Gasteiger partial charge in [-0.2, -0.15) is 5.10 Å². The minimum atomic E-state index is -0.121. The van der Waals surface area contributed by atoms with E-state index >= 15 is 0 Å². The number of aryl methyl sites for hydroxylation is 1. The maximum absolute atomic E-state index is 14.0. The van der Waals surface area contributed by atoms with Gasteiger partial charge in [0.1, 0.15) is 5.03 Å². The number of rotatable bonds is 6. The molecule has 0 atom stereocenters. The molecule has 3 heterocycles. The van der Waals surface area contributed by atoms with Crippen molar-refractivity contribution in [2.75, 3.05) is 24.2 Å². The Bertz CT molecular complexity index is 1540. The molecule has 0 bridgehead atoms. The summed E-state index contributed by atoms with van der Waals surface area (Å²) < 4.78 is 3.55. The van der Waals surface area contributed by atoms with E-state index in [0.717, 1.165) is 34.9 Å². The third-order valence-electron chi connectivity index (χ3n) is 6.02. The average Bonchev–Trinajstić information content (AvgIpc) is 3.24. The van der Waals surface area contributed by atoms with Crippen molar-refractivity contribution in [2.24, 2.45) is 0 Å². The summed E-state index contributed by atoms with van der Waals surface area (Å²) in [7, 11) is 0. The van der Waals surface area contributed by atoms with E-state index in [0.29, 0.717) is 28.2 Å². The molecule has 172 valence electrons. The van der Waals surface area contributed by atoms with Crippen molar-refractivity contribution in [3.05, 3.63) is 76.7 Å². The van der Waals surface area contributed by atoms with Gasteiger partial charge in [0.2, 0.25) is 5.95 Å². The lowest BCUT2D eigenvalue weighted by molar-refractivity contribution is 0.786. The molecule has 34 heavy (non-hydrogen) atoms. The molecule has 0 aliphatic heterocycles. The highest BCUT2D eigenvalue weighted by Gasteiger charge is 2.24. The van der Waals surface area contributed by atoms with Crippen molar-refractivity contribution < 1.29 is 0 Å². The fourth-order valence-corrected chi connectivity index (χ4v) is 4.91. The smallest absolute Gasteiger partial charge is 0.269 e. The van der Waals surface area contributed by atoms with Gasteiger partial charge in [-0.1, -0.05) is 36.4 Å². The Kier molecular flexibility index (Phi) is 5.83. The molecule has 0 saturated carbocycles. The Morgan fingerprint density at radius 1 is 0.882 bits per heavy atom. The van der Waals surface area contributed by atoms with E-state index in [1.165, 1.54) is 11.8 Å². The molecule has 8 heteroatoms. The minimum Gasteiger partial charge on any atom is -0.342 e. The number of thioether (sulfide) groups is 1. The predicted molar refractivity (Wildman–Crippen MR) is 140 cm³/mol. The fourth-order valence-electron chi connectivity index (χ4n) is 4.35. The zero-order chi connectivity index (χ0) is 23.8. The fraction of sp³-hybridized carbons (Fsp3) is 0.231. The number of fused-ring (bicyclic) bond motifs is 3. The van der Waals surface area contributed by atoms with Gasteiger partial charge >= 0.3 is 0 Å². The molecular weight excluding hydrogens is 444 g/mol. The minimum absolute atomic E-state index is 0.121. The first-order chi connectivity index (χ1) is 16.6. The van der Waals surface area contributed by atoms with Crippen LogP contribution in [0.15, 0.2) is 70.5 Å². The number of hydrogen-bond acceptors (Lipinski definition) is 6. The quantitative estimate of drug-likeness (QED) is 0.326. The molecule has 0 aliphatic rings. The molecule has 7 nitrogen and oxygen atoms in total. The van der Waals surface area contributed by atoms with Crippen LogP contribution < -0.4 is 10.5 Å².